The SMILES string of the molecule is CC(=O)NCC#Cc1cccc(C(=O)O)c1. The molecule has 1 aromatic rings. The van der Waals surface area contributed by atoms with E-state index in [9.17, 15) is 9.59 Å². The van der Waals surface area contributed by atoms with Crippen molar-refractivity contribution in [2.45, 2.75) is 6.92 Å². The maximum atomic E-state index is 10.7. The van der Waals surface area contributed by atoms with Crippen molar-refractivity contribution in [3.05, 3.63) is 35.4 Å². The molecule has 0 fully saturated rings. The molecule has 1 amide bonds. The maximum absolute atomic E-state index is 10.7. The fourth-order valence-electron chi connectivity index (χ4n) is 1.04. The number of aromatic carboxylic acids is 1. The molecule has 4 heteroatoms. The van der Waals surface area contributed by atoms with Crippen molar-refractivity contribution >= 4 is 11.9 Å². The number of carbonyl (C=O) groups is 2. The van der Waals surface area contributed by atoms with Gasteiger partial charge in [-0.2, -0.15) is 0 Å². The van der Waals surface area contributed by atoms with Gasteiger partial charge in [0.15, 0.2) is 0 Å². The third-order valence-electron chi connectivity index (χ3n) is 1.77. The van der Waals surface area contributed by atoms with Crippen LogP contribution in [-0.4, -0.2) is 23.5 Å². The largest absolute Gasteiger partial charge is 0.478 e. The zero-order valence-electron chi connectivity index (χ0n) is 8.78. The number of amides is 1. The Morgan fingerprint density at radius 1 is 1.44 bits per heavy atom. The predicted octanol–water partition coefficient (Wildman–Crippen LogP) is 0.872. The number of nitrogens with one attached hydrogen (secondary N) is 1. The molecule has 1 aromatic carbocycles. The van der Waals surface area contributed by atoms with Crippen LogP contribution >= 0.6 is 0 Å². The Balaban J connectivity index is 2.70. The summed E-state index contributed by atoms with van der Waals surface area (Å²) in [6, 6.07) is 6.34. The first-order chi connectivity index (χ1) is 7.59. The summed E-state index contributed by atoms with van der Waals surface area (Å²) >= 11 is 0. The van der Waals surface area contributed by atoms with Gasteiger partial charge in [0, 0.05) is 12.5 Å². The molecule has 0 unspecified atom stereocenters. The van der Waals surface area contributed by atoms with E-state index in [2.05, 4.69) is 17.2 Å². The van der Waals surface area contributed by atoms with Crippen molar-refractivity contribution in [3.63, 3.8) is 0 Å². The molecule has 0 aromatic heterocycles. The average molecular weight is 217 g/mol. The summed E-state index contributed by atoms with van der Waals surface area (Å²) < 4.78 is 0. The number of hydrogen-bond donors (Lipinski definition) is 2. The first kappa shape index (κ1) is 11.8. The quantitative estimate of drug-likeness (QED) is 0.722. The molecule has 0 aliphatic rings. The molecule has 82 valence electrons. The fourth-order valence-corrected chi connectivity index (χ4v) is 1.04. The first-order valence-corrected chi connectivity index (χ1v) is 4.66. The summed E-state index contributed by atoms with van der Waals surface area (Å²) in [7, 11) is 0. The minimum absolute atomic E-state index is 0.145. The van der Waals surface area contributed by atoms with Crippen LogP contribution in [0, 0.1) is 11.8 Å². The van der Waals surface area contributed by atoms with E-state index in [1.165, 1.54) is 19.1 Å². The van der Waals surface area contributed by atoms with Crippen molar-refractivity contribution < 1.29 is 14.7 Å². The molecule has 0 atom stereocenters. The standard InChI is InChI=1S/C12H11NO3/c1-9(14)13-7-3-5-10-4-2-6-11(8-10)12(15)16/h2,4,6,8H,7H2,1H3,(H,13,14)(H,15,16). The summed E-state index contributed by atoms with van der Waals surface area (Å²) in [5.74, 6) is 4.37. The van der Waals surface area contributed by atoms with Gasteiger partial charge < -0.3 is 10.4 Å². The molecule has 1 rings (SSSR count). The summed E-state index contributed by atoms with van der Waals surface area (Å²) in [6.45, 7) is 1.67. The van der Waals surface area contributed by atoms with Gasteiger partial charge in [0.05, 0.1) is 12.1 Å². The number of carboxylic acids is 1. The van der Waals surface area contributed by atoms with E-state index in [1.807, 2.05) is 0 Å². The Labute approximate surface area is 93.3 Å². The van der Waals surface area contributed by atoms with Crippen LogP contribution in [0.1, 0.15) is 22.8 Å². The minimum Gasteiger partial charge on any atom is -0.478 e. The zero-order chi connectivity index (χ0) is 12.0. The lowest BCUT2D eigenvalue weighted by Crippen LogP contribution is -2.19. The van der Waals surface area contributed by atoms with E-state index < -0.39 is 5.97 Å². The highest BCUT2D eigenvalue weighted by atomic mass is 16.4. The van der Waals surface area contributed by atoms with Gasteiger partial charge in [-0.05, 0) is 18.2 Å². The molecule has 0 heterocycles. The molecule has 0 saturated carbocycles. The maximum Gasteiger partial charge on any atom is 0.335 e. The highest BCUT2D eigenvalue weighted by Gasteiger charge is 2.00. The lowest BCUT2D eigenvalue weighted by atomic mass is 10.1. The normalized spacial score (nSPS) is 8.81. The Morgan fingerprint density at radius 3 is 2.81 bits per heavy atom. The Bertz CT molecular complexity index is 469. The van der Waals surface area contributed by atoms with Gasteiger partial charge >= 0.3 is 5.97 Å². The van der Waals surface area contributed by atoms with Gasteiger partial charge in [-0.3, -0.25) is 4.79 Å². The van der Waals surface area contributed by atoms with Crippen LogP contribution in [-0.2, 0) is 4.79 Å². The minimum atomic E-state index is -0.981. The lowest BCUT2D eigenvalue weighted by molar-refractivity contribution is -0.118. The highest BCUT2D eigenvalue weighted by molar-refractivity contribution is 5.88. The molecule has 0 saturated heterocycles. The molecule has 0 radical (unpaired) electrons. The van der Waals surface area contributed by atoms with Crippen LogP contribution < -0.4 is 5.32 Å². The van der Waals surface area contributed by atoms with Crippen molar-refractivity contribution in [3.8, 4) is 11.8 Å². The highest BCUT2D eigenvalue weighted by Crippen LogP contribution is 2.03. The molecule has 0 bridgehead atoms. The topological polar surface area (TPSA) is 66.4 Å². The summed E-state index contributed by atoms with van der Waals surface area (Å²) in [5.41, 5.74) is 0.816. The number of hydrogen-bond acceptors (Lipinski definition) is 2. The number of rotatable bonds is 2. The second kappa shape index (κ2) is 5.56. The monoisotopic (exact) mass is 217 g/mol. The number of carbonyl (C=O) groups excluding carboxylic acids is 1. The molecule has 16 heavy (non-hydrogen) atoms. The Hall–Kier alpha value is -2.28. The molecular weight excluding hydrogens is 206 g/mol. The van der Waals surface area contributed by atoms with Crippen molar-refractivity contribution in [1.29, 1.82) is 0 Å². The van der Waals surface area contributed by atoms with E-state index in [1.54, 1.807) is 12.1 Å². The third kappa shape index (κ3) is 3.84. The zero-order valence-corrected chi connectivity index (χ0v) is 8.78. The predicted molar refractivity (Wildman–Crippen MR) is 59.0 cm³/mol. The van der Waals surface area contributed by atoms with Gasteiger partial charge in [-0.15, -0.1) is 0 Å². The summed E-state index contributed by atoms with van der Waals surface area (Å²) in [6.07, 6.45) is 0. The Morgan fingerprint density at radius 2 is 2.19 bits per heavy atom. The van der Waals surface area contributed by atoms with Gasteiger partial charge in [-0.25, -0.2) is 4.79 Å². The van der Waals surface area contributed by atoms with Crippen LogP contribution in [0.15, 0.2) is 24.3 Å². The molecular formula is C12H11NO3. The van der Waals surface area contributed by atoms with Crippen LogP contribution in [0.2, 0.25) is 0 Å². The van der Waals surface area contributed by atoms with Crippen LogP contribution in [0.25, 0.3) is 0 Å². The van der Waals surface area contributed by atoms with E-state index in [-0.39, 0.29) is 18.0 Å². The van der Waals surface area contributed by atoms with Crippen molar-refractivity contribution in [2.75, 3.05) is 6.54 Å². The first-order valence-electron chi connectivity index (χ1n) is 4.66. The van der Waals surface area contributed by atoms with E-state index in [4.69, 9.17) is 5.11 Å². The molecule has 4 nitrogen and oxygen atoms in total. The smallest absolute Gasteiger partial charge is 0.335 e. The summed E-state index contributed by atoms with van der Waals surface area (Å²) in [4.78, 5) is 21.2. The van der Waals surface area contributed by atoms with E-state index in [0.29, 0.717) is 5.56 Å². The molecule has 0 spiro atoms. The number of carboxylic acid groups (broad SMARTS) is 1. The van der Waals surface area contributed by atoms with Gasteiger partial charge in [0.25, 0.3) is 0 Å². The van der Waals surface area contributed by atoms with Gasteiger partial charge in [-0.1, -0.05) is 17.9 Å². The third-order valence-corrected chi connectivity index (χ3v) is 1.77. The second-order valence-electron chi connectivity index (χ2n) is 3.10. The van der Waals surface area contributed by atoms with Gasteiger partial charge in [0.1, 0.15) is 0 Å². The second-order valence-corrected chi connectivity index (χ2v) is 3.10. The van der Waals surface area contributed by atoms with Crippen LogP contribution in [0.5, 0.6) is 0 Å². The fraction of sp³-hybridized carbons (Fsp3) is 0.167. The average Bonchev–Trinajstić information content (AvgIpc) is 2.24. The molecule has 2 N–H and O–H groups in total. The van der Waals surface area contributed by atoms with Crippen molar-refractivity contribution in [1.82, 2.24) is 5.32 Å². The van der Waals surface area contributed by atoms with E-state index >= 15 is 0 Å². The molecule has 0 aliphatic heterocycles. The summed E-state index contributed by atoms with van der Waals surface area (Å²) in [5, 5.41) is 11.3. The Kier molecular flexibility index (Phi) is 4.10. The number of benzene rings is 1. The van der Waals surface area contributed by atoms with Crippen LogP contribution in [0.3, 0.4) is 0 Å². The lowest BCUT2D eigenvalue weighted by Gasteiger charge is -1.95. The van der Waals surface area contributed by atoms with Gasteiger partial charge in [0.2, 0.25) is 5.91 Å². The van der Waals surface area contributed by atoms with E-state index in [0.717, 1.165) is 0 Å². The van der Waals surface area contributed by atoms with Crippen molar-refractivity contribution in [2.24, 2.45) is 0 Å². The molecule has 0 aliphatic carbocycles. The van der Waals surface area contributed by atoms with Crippen LogP contribution in [0.4, 0.5) is 0 Å².